The van der Waals surface area contributed by atoms with Gasteiger partial charge < -0.3 is 10.4 Å². The molecule has 3 rings (SSSR count). The summed E-state index contributed by atoms with van der Waals surface area (Å²) in [6.45, 7) is 0.0576. The standard InChI is InChI=1S/C17H15Cl2FN2O2/c18-12-5-1-3-10(14(12)19)9-22-16(24)17(20)7-6-13(23)15-11(17)4-2-8-21-15/h1-5,8,13,23H,6-7,9H2,(H,22,24)/t13-,17+/m0/s1. The summed E-state index contributed by atoms with van der Waals surface area (Å²) in [5.41, 5.74) is -1.31. The number of carbonyl (C=O) groups is 1. The van der Waals surface area contributed by atoms with Gasteiger partial charge >= 0.3 is 0 Å². The first kappa shape index (κ1) is 17.1. The molecule has 2 aromatic rings. The van der Waals surface area contributed by atoms with Gasteiger partial charge in [0, 0.05) is 18.3 Å². The van der Waals surface area contributed by atoms with Gasteiger partial charge in [0.25, 0.3) is 5.91 Å². The van der Waals surface area contributed by atoms with Crippen LogP contribution in [0.4, 0.5) is 4.39 Å². The number of aromatic nitrogens is 1. The van der Waals surface area contributed by atoms with Gasteiger partial charge in [0.2, 0.25) is 5.67 Å². The number of nitrogens with zero attached hydrogens (tertiary/aromatic N) is 1. The van der Waals surface area contributed by atoms with Crippen molar-refractivity contribution >= 4 is 29.1 Å². The maximum atomic E-state index is 15.4. The molecule has 1 aliphatic carbocycles. The molecule has 0 fully saturated rings. The van der Waals surface area contributed by atoms with Crippen molar-refractivity contribution in [3.05, 3.63) is 63.4 Å². The predicted molar refractivity (Wildman–Crippen MR) is 89.5 cm³/mol. The lowest BCUT2D eigenvalue weighted by atomic mass is 9.81. The fourth-order valence-corrected chi connectivity index (χ4v) is 3.25. The number of benzene rings is 1. The van der Waals surface area contributed by atoms with Crippen molar-refractivity contribution in [2.75, 3.05) is 0 Å². The van der Waals surface area contributed by atoms with E-state index in [9.17, 15) is 9.90 Å². The molecule has 1 heterocycles. The van der Waals surface area contributed by atoms with Crippen LogP contribution in [-0.4, -0.2) is 16.0 Å². The molecular formula is C17H15Cl2FN2O2. The summed E-state index contributed by atoms with van der Waals surface area (Å²) in [6, 6.07) is 8.08. The highest BCUT2D eigenvalue weighted by atomic mass is 35.5. The molecule has 4 nitrogen and oxygen atoms in total. The Morgan fingerprint density at radius 3 is 2.96 bits per heavy atom. The van der Waals surface area contributed by atoms with Crippen LogP contribution in [0.15, 0.2) is 36.5 Å². The highest BCUT2D eigenvalue weighted by Crippen LogP contribution is 2.42. The summed E-state index contributed by atoms with van der Waals surface area (Å²) in [5.74, 6) is -0.778. The van der Waals surface area contributed by atoms with Gasteiger partial charge in [-0.05, 0) is 30.5 Å². The maximum Gasteiger partial charge on any atom is 0.262 e. The van der Waals surface area contributed by atoms with Crippen LogP contribution < -0.4 is 5.32 Å². The number of aliphatic hydroxyl groups is 1. The molecule has 24 heavy (non-hydrogen) atoms. The van der Waals surface area contributed by atoms with Crippen LogP contribution in [0.5, 0.6) is 0 Å². The summed E-state index contributed by atoms with van der Waals surface area (Å²) >= 11 is 12.0. The molecule has 0 radical (unpaired) electrons. The largest absolute Gasteiger partial charge is 0.387 e. The van der Waals surface area contributed by atoms with E-state index in [2.05, 4.69) is 10.3 Å². The number of pyridine rings is 1. The third kappa shape index (κ3) is 2.99. The van der Waals surface area contributed by atoms with E-state index in [0.29, 0.717) is 15.6 Å². The fraction of sp³-hybridized carbons (Fsp3) is 0.294. The van der Waals surface area contributed by atoms with Gasteiger partial charge in [0.15, 0.2) is 0 Å². The van der Waals surface area contributed by atoms with E-state index >= 15 is 4.39 Å². The summed E-state index contributed by atoms with van der Waals surface area (Å²) in [4.78, 5) is 16.5. The van der Waals surface area contributed by atoms with Crippen LogP contribution in [0.25, 0.3) is 0 Å². The molecular weight excluding hydrogens is 354 g/mol. The lowest BCUT2D eigenvalue weighted by molar-refractivity contribution is -0.135. The molecule has 1 aromatic carbocycles. The molecule has 2 N–H and O–H groups in total. The predicted octanol–water partition coefficient (Wildman–Crippen LogP) is 3.70. The lowest BCUT2D eigenvalue weighted by Gasteiger charge is -2.32. The average Bonchev–Trinajstić information content (AvgIpc) is 2.59. The van der Waals surface area contributed by atoms with Crippen molar-refractivity contribution in [2.45, 2.75) is 31.2 Å². The van der Waals surface area contributed by atoms with E-state index < -0.39 is 17.7 Å². The Bertz CT molecular complexity index is 787. The second-order valence-electron chi connectivity index (χ2n) is 5.69. The third-order valence-corrected chi connectivity index (χ3v) is 5.03. The quantitative estimate of drug-likeness (QED) is 0.868. The van der Waals surface area contributed by atoms with Gasteiger partial charge in [0.05, 0.1) is 21.8 Å². The number of rotatable bonds is 3. The van der Waals surface area contributed by atoms with Gasteiger partial charge in [-0.3, -0.25) is 9.78 Å². The highest BCUT2D eigenvalue weighted by Gasteiger charge is 2.46. The first-order chi connectivity index (χ1) is 11.4. The first-order valence-electron chi connectivity index (χ1n) is 7.47. The third-order valence-electron chi connectivity index (χ3n) is 4.17. The summed E-state index contributed by atoms with van der Waals surface area (Å²) in [6.07, 6.45) is 0.630. The van der Waals surface area contributed by atoms with Gasteiger partial charge in [-0.25, -0.2) is 4.39 Å². The maximum absolute atomic E-state index is 15.4. The average molecular weight is 369 g/mol. The van der Waals surface area contributed by atoms with E-state index in [1.165, 1.54) is 12.3 Å². The SMILES string of the molecule is O=C(NCc1cccc(Cl)c1Cl)[C@@]1(F)CC[C@H](O)c2ncccc21. The number of fused-ring (bicyclic) bond motifs is 1. The number of halogens is 3. The van der Waals surface area contributed by atoms with Gasteiger partial charge in [0.1, 0.15) is 0 Å². The number of carbonyl (C=O) groups excluding carboxylic acids is 1. The number of alkyl halides is 1. The van der Waals surface area contributed by atoms with Crippen LogP contribution in [0, 0.1) is 0 Å². The molecule has 0 unspecified atom stereocenters. The molecule has 1 aliphatic rings. The minimum absolute atomic E-state index is 0.0576. The monoisotopic (exact) mass is 368 g/mol. The second kappa shape index (κ2) is 6.67. The first-order valence-corrected chi connectivity index (χ1v) is 8.22. The Morgan fingerprint density at radius 1 is 1.38 bits per heavy atom. The van der Waals surface area contributed by atoms with Crippen LogP contribution in [0.2, 0.25) is 10.0 Å². The zero-order valence-corrected chi connectivity index (χ0v) is 14.1. The number of hydrogen-bond acceptors (Lipinski definition) is 3. The van der Waals surface area contributed by atoms with E-state index in [4.69, 9.17) is 23.2 Å². The zero-order chi connectivity index (χ0) is 17.3. The van der Waals surface area contributed by atoms with Crippen molar-refractivity contribution in [1.29, 1.82) is 0 Å². The van der Waals surface area contributed by atoms with E-state index in [0.717, 1.165) is 0 Å². The van der Waals surface area contributed by atoms with E-state index in [1.807, 2.05) is 0 Å². The van der Waals surface area contributed by atoms with Crippen LogP contribution in [0.3, 0.4) is 0 Å². The summed E-state index contributed by atoms with van der Waals surface area (Å²) in [5, 5.41) is 13.2. The van der Waals surface area contributed by atoms with Gasteiger partial charge in [-0.15, -0.1) is 0 Å². The van der Waals surface area contributed by atoms with Gasteiger partial charge in [-0.2, -0.15) is 0 Å². The molecule has 0 aliphatic heterocycles. The normalized spacial score (nSPS) is 22.8. The number of amides is 1. The molecule has 2 atom stereocenters. The van der Waals surface area contributed by atoms with Crippen LogP contribution >= 0.6 is 23.2 Å². The van der Waals surface area contributed by atoms with E-state index in [-0.39, 0.29) is 30.6 Å². The highest BCUT2D eigenvalue weighted by molar-refractivity contribution is 6.42. The molecule has 126 valence electrons. The summed E-state index contributed by atoms with van der Waals surface area (Å²) < 4.78 is 15.4. The molecule has 0 saturated heterocycles. The van der Waals surface area contributed by atoms with Crippen molar-refractivity contribution in [2.24, 2.45) is 0 Å². The van der Waals surface area contributed by atoms with Crippen LogP contribution in [0.1, 0.15) is 35.8 Å². The molecule has 1 amide bonds. The Balaban J connectivity index is 1.82. The Morgan fingerprint density at radius 2 is 2.17 bits per heavy atom. The van der Waals surface area contributed by atoms with Crippen molar-refractivity contribution < 1.29 is 14.3 Å². The Hall–Kier alpha value is -1.69. The summed E-state index contributed by atoms with van der Waals surface area (Å²) in [7, 11) is 0. The lowest BCUT2D eigenvalue weighted by Crippen LogP contribution is -2.44. The van der Waals surface area contributed by atoms with Crippen molar-refractivity contribution in [3.8, 4) is 0 Å². The van der Waals surface area contributed by atoms with Gasteiger partial charge in [-0.1, -0.05) is 41.4 Å². The van der Waals surface area contributed by atoms with Crippen molar-refractivity contribution in [3.63, 3.8) is 0 Å². The minimum atomic E-state index is -2.23. The Kier molecular flexibility index (Phi) is 4.76. The Labute approximate surface area is 148 Å². The zero-order valence-electron chi connectivity index (χ0n) is 12.6. The topological polar surface area (TPSA) is 62.2 Å². The van der Waals surface area contributed by atoms with Crippen LogP contribution in [-0.2, 0) is 17.0 Å². The number of aliphatic hydroxyl groups excluding tert-OH is 1. The molecule has 7 heteroatoms. The number of nitrogens with one attached hydrogen (secondary N) is 1. The molecule has 1 aromatic heterocycles. The van der Waals surface area contributed by atoms with Crippen molar-refractivity contribution in [1.82, 2.24) is 10.3 Å². The smallest absolute Gasteiger partial charge is 0.262 e. The molecule has 0 bridgehead atoms. The van der Waals surface area contributed by atoms with E-state index in [1.54, 1.807) is 24.3 Å². The molecule has 0 saturated carbocycles. The minimum Gasteiger partial charge on any atom is -0.387 e. The molecule has 0 spiro atoms. The fourth-order valence-electron chi connectivity index (χ4n) is 2.86. The number of hydrogen-bond donors (Lipinski definition) is 2. The second-order valence-corrected chi connectivity index (χ2v) is 6.47.